The van der Waals surface area contributed by atoms with Gasteiger partial charge in [-0.05, 0) is 12.5 Å². The number of hydrogen-bond acceptors (Lipinski definition) is 4. The molecule has 0 bridgehead atoms. The zero-order valence-electron chi connectivity index (χ0n) is 8.59. The van der Waals surface area contributed by atoms with Gasteiger partial charge in [-0.1, -0.05) is 6.92 Å². The zero-order chi connectivity index (χ0) is 11.3. The van der Waals surface area contributed by atoms with Crippen LogP contribution in [0.3, 0.4) is 0 Å². The highest BCUT2D eigenvalue weighted by Gasteiger charge is 2.06. The van der Waals surface area contributed by atoms with E-state index in [0.29, 0.717) is 13.0 Å². The van der Waals surface area contributed by atoms with E-state index in [-0.39, 0.29) is 17.2 Å². The normalized spacial score (nSPS) is 11.5. The topological polar surface area (TPSA) is 69.0 Å². The first kappa shape index (κ1) is 11.9. The Morgan fingerprint density at radius 1 is 1.47 bits per heavy atom. The van der Waals surface area contributed by atoms with Crippen molar-refractivity contribution in [2.45, 2.75) is 19.9 Å². The number of rotatable bonds is 5. The molecule has 0 radical (unpaired) electrons. The Balaban J connectivity index is 2.53. The van der Waals surface area contributed by atoms with E-state index in [2.05, 4.69) is 4.98 Å². The van der Waals surface area contributed by atoms with Crippen molar-refractivity contribution in [1.29, 1.82) is 0 Å². The fourth-order valence-corrected chi connectivity index (χ4v) is 2.01. The zero-order valence-corrected chi connectivity index (χ0v) is 9.40. The Morgan fingerprint density at radius 3 is 2.80 bits per heavy atom. The van der Waals surface area contributed by atoms with Crippen LogP contribution in [0.15, 0.2) is 23.3 Å². The van der Waals surface area contributed by atoms with Crippen molar-refractivity contribution in [3.05, 3.63) is 28.9 Å². The van der Waals surface area contributed by atoms with Crippen LogP contribution in [-0.4, -0.2) is 29.5 Å². The molecular weight excluding hydrogens is 216 g/mol. The van der Waals surface area contributed by atoms with E-state index in [1.165, 1.54) is 10.8 Å². The Labute approximate surface area is 88.7 Å². The Morgan fingerprint density at radius 2 is 2.20 bits per heavy atom. The molecule has 5 nitrogen and oxygen atoms in total. The molecule has 0 spiro atoms. The van der Waals surface area contributed by atoms with Crippen molar-refractivity contribution in [2.75, 3.05) is 11.5 Å². The maximum Gasteiger partial charge on any atom is 0.347 e. The fraction of sp³-hybridized carbons (Fsp3) is 0.556. The first-order chi connectivity index (χ1) is 7.05. The molecule has 1 aromatic rings. The SMILES string of the molecule is CCS(=O)(=O)CCCn1cccnc1=O. The van der Waals surface area contributed by atoms with Crippen LogP contribution in [0.2, 0.25) is 0 Å². The third-order valence-electron chi connectivity index (χ3n) is 2.08. The summed E-state index contributed by atoms with van der Waals surface area (Å²) in [6.45, 7) is 2.01. The van der Waals surface area contributed by atoms with E-state index in [1.54, 1.807) is 19.2 Å². The van der Waals surface area contributed by atoms with E-state index in [9.17, 15) is 13.2 Å². The summed E-state index contributed by atoms with van der Waals surface area (Å²) >= 11 is 0. The molecule has 1 heterocycles. The van der Waals surface area contributed by atoms with Crippen LogP contribution in [0.5, 0.6) is 0 Å². The highest BCUT2D eigenvalue weighted by atomic mass is 32.2. The molecule has 15 heavy (non-hydrogen) atoms. The van der Waals surface area contributed by atoms with Gasteiger partial charge in [-0.2, -0.15) is 0 Å². The smallest absolute Gasteiger partial charge is 0.299 e. The molecule has 0 atom stereocenters. The summed E-state index contributed by atoms with van der Waals surface area (Å²) in [5.74, 6) is 0.264. The van der Waals surface area contributed by atoms with Crippen molar-refractivity contribution < 1.29 is 8.42 Å². The second kappa shape index (κ2) is 5.06. The average Bonchev–Trinajstić information content (AvgIpc) is 2.21. The van der Waals surface area contributed by atoms with Crippen molar-refractivity contribution >= 4 is 9.84 Å². The third-order valence-corrected chi connectivity index (χ3v) is 3.87. The molecule has 1 rings (SSSR count). The van der Waals surface area contributed by atoms with Gasteiger partial charge in [0.1, 0.15) is 9.84 Å². The lowest BCUT2D eigenvalue weighted by atomic mass is 10.4. The molecule has 0 aliphatic carbocycles. The lowest BCUT2D eigenvalue weighted by molar-refractivity contribution is 0.582. The lowest BCUT2D eigenvalue weighted by Gasteiger charge is -2.03. The minimum Gasteiger partial charge on any atom is -0.299 e. The molecule has 84 valence electrons. The maximum atomic E-state index is 11.2. The molecule has 0 aliphatic rings. The molecule has 0 amide bonds. The summed E-state index contributed by atoms with van der Waals surface area (Å²) in [6.07, 6.45) is 3.47. The first-order valence-electron chi connectivity index (χ1n) is 4.77. The van der Waals surface area contributed by atoms with Gasteiger partial charge in [0.25, 0.3) is 0 Å². The van der Waals surface area contributed by atoms with Crippen molar-refractivity contribution in [3.63, 3.8) is 0 Å². The summed E-state index contributed by atoms with van der Waals surface area (Å²) in [7, 11) is -2.94. The first-order valence-corrected chi connectivity index (χ1v) is 6.59. The van der Waals surface area contributed by atoms with Crippen molar-refractivity contribution in [1.82, 2.24) is 9.55 Å². The molecule has 0 saturated carbocycles. The Hall–Kier alpha value is -1.17. The second-order valence-electron chi connectivity index (χ2n) is 3.19. The van der Waals surface area contributed by atoms with E-state index in [4.69, 9.17) is 0 Å². The molecule has 0 fully saturated rings. The highest BCUT2D eigenvalue weighted by molar-refractivity contribution is 7.91. The third kappa shape index (κ3) is 3.83. The van der Waals surface area contributed by atoms with Gasteiger partial charge in [0.2, 0.25) is 0 Å². The quantitative estimate of drug-likeness (QED) is 0.717. The van der Waals surface area contributed by atoms with Crippen LogP contribution < -0.4 is 5.69 Å². The summed E-state index contributed by atoms with van der Waals surface area (Å²) in [5, 5.41) is 0. The largest absolute Gasteiger partial charge is 0.347 e. The Kier molecular flexibility index (Phi) is 4.02. The van der Waals surface area contributed by atoms with Gasteiger partial charge < -0.3 is 0 Å². The minimum absolute atomic E-state index is 0.116. The van der Waals surface area contributed by atoms with Crippen LogP contribution in [0.4, 0.5) is 0 Å². The van der Waals surface area contributed by atoms with Gasteiger partial charge >= 0.3 is 5.69 Å². The van der Waals surface area contributed by atoms with Gasteiger partial charge in [-0.3, -0.25) is 4.57 Å². The van der Waals surface area contributed by atoms with Gasteiger partial charge in [0.15, 0.2) is 0 Å². The fourth-order valence-electron chi connectivity index (χ4n) is 1.16. The van der Waals surface area contributed by atoms with Crippen LogP contribution in [0, 0.1) is 0 Å². The number of aromatic nitrogens is 2. The Bertz CT molecular complexity index is 464. The number of sulfone groups is 1. The monoisotopic (exact) mass is 230 g/mol. The molecule has 0 aromatic carbocycles. The van der Waals surface area contributed by atoms with E-state index < -0.39 is 9.84 Å². The lowest BCUT2D eigenvalue weighted by Crippen LogP contribution is -2.22. The molecule has 0 N–H and O–H groups in total. The molecule has 6 heteroatoms. The molecule has 0 aliphatic heterocycles. The standard InChI is InChI=1S/C9H14N2O3S/c1-2-15(13,14)8-4-7-11-6-3-5-10-9(11)12/h3,5-6H,2,4,7-8H2,1H3. The van der Waals surface area contributed by atoms with E-state index in [0.717, 1.165) is 0 Å². The van der Waals surface area contributed by atoms with E-state index in [1.807, 2.05) is 0 Å². The minimum atomic E-state index is -2.94. The molecular formula is C9H14N2O3S. The highest BCUT2D eigenvalue weighted by Crippen LogP contribution is 1.95. The molecule has 1 aromatic heterocycles. The number of hydrogen-bond donors (Lipinski definition) is 0. The summed E-state index contributed by atoms with van der Waals surface area (Å²) in [4.78, 5) is 14.7. The predicted molar refractivity (Wildman–Crippen MR) is 57.4 cm³/mol. The summed E-state index contributed by atoms with van der Waals surface area (Å²) in [5.41, 5.74) is -0.341. The summed E-state index contributed by atoms with van der Waals surface area (Å²) in [6, 6.07) is 1.65. The maximum absolute atomic E-state index is 11.2. The number of nitrogens with zero attached hydrogens (tertiary/aromatic N) is 2. The van der Waals surface area contributed by atoms with Gasteiger partial charge in [0, 0.05) is 24.7 Å². The predicted octanol–water partition coefficient (Wildman–Crippen LogP) is 0.0681. The van der Waals surface area contributed by atoms with Gasteiger partial charge in [-0.15, -0.1) is 0 Å². The van der Waals surface area contributed by atoms with Gasteiger partial charge in [-0.25, -0.2) is 18.2 Å². The molecule has 0 saturated heterocycles. The second-order valence-corrected chi connectivity index (χ2v) is 5.66. The molecule has 0 unspecified atom stereocenters. The van der Waals surface area contributed by atoms with Gasteiger partial charge in [0.05, 0.1) is 5.75 Å². The van der Waals surface area contributed by atoms with Crippen LogP contribution in [-0.2, 0) is 16.4 Å². The average molecular weight is 230 g/mol. The van der Waals surface area contributed by atoms with Crippen LogP contribution >= 0.6 is 0 Å². The number of aryl methyl sites for hydroxylation is 1. The van der Waals surface area contributed by atoms with E-state index >= 15 is 0 Å². The van der Waals surface area contributed by atoms with Crippen molar-refractivity contribution in [2.24, 2.45) is 0 Å². The van der Waals surface area contributed by atoms with Crippen molar-refractivity contribution in [3.8, 4) is 0 Å². The van der Waals surface area contributed by atoms with Crippen LogP contribution in [0.1, 0.15) is 13.3 Å². The summed E-state index contributed by atoms with van der Waals surface area (Å²) < 4.78 is 23.8. The van der Waals surface area contributed by atoms with Crippen LogP contribution in [0.25, 0.3) is 0 Å².